The van der Waals surface area contributed by atoms with Gasteiger partial charge in [0.2, 0.25) is 0 Å². The highest BCUT2D eigenvalue weighted by Gasteiger charge is 2.40. The van der Waals surface area contributed by atoms with Gasteiger partial charge in [-0.1, -0.05) is 47.5 Å². The van der Waals surface area contributed by atoms with Crippen LogP contribution in [0.3, 0.4) is 0 Å². The summed E-state index contributed by atoms with van der Waals surface area (Å²) in [7, 11) is 1.51. The van der Waals surface area contributed by atoms with Gasteiger partial charge in [0, 0.05) is 5.02 Å². The van der Waals surface area contributed by atoms with E-state index in [0.717, 1.165) is 16.0 Å². The average Bonchev–Trinajstić information content (AvgIpc) is 3.00. The molecular weight excluding hydrogens is 443 g/mol. The standard InChI is InChI=1S/C26H22ClFN2O3/c1-15-4-10-20(16(2)12-15)23-24(29-21-13-18(27)7-11-22(21)33-3)26(32)30(25(23)31)14-17-5-8-19(28)9-6-17/h4-13,29H,14H2,1-3H3. The lowest BCUT2D eigenvalue weighted by Crippen LogP contribution is -2.32. The SMILES string of the molecule is COc1ccc(Cl)cc1NC1=C(c2ccc(C)cc2C)C(=O)N(Cc2ccc(F)cc2)C1=O. The molecule has 0 bridgehead atoms. The number of carbonyl (C=O) groups excluding carboxylic acids is 2. The molecule has 5 nitrogen and oxygen atoms in total. The van der Waals surface area contributed by atoms with Crippen LogP contribution in [0.4, 0.5) is 10.1 Å². The molecule has 1 aliphatic rings. The van der Waals surface area contributed by atoms with Gasteiger partial charge in [-0.15, -0.1) is 0 Å². The van der Waals surface area contributed by atoms with Gasteiger partial charge < -0.3 is 10.1 Å². The maximum Gasteiger partial charge on any atom is 0.278 e. The third-order valence-electron chi connectivity index (χ3n) is 5.49. The quantitative estimate of drug-likeness (QED) is 0.489. The Morgan fingerprint density at radius 1 is 0.970 bits per heavy atom. The summed E-state index contributed by atoms with van der Waals surface area (Å²) in [4.78, 5) is 28.2. The Morgan fingerprint density at radius 3 is 2.36 bits per heavy atom. The first-order valence-corrected chi connectivity index (χ1v) is 10.7. The fourth-order valence-electron chi connectivity index (χ4n) is 3.86. The number of amides is 2. The summed E-state index contributed by atoms with van der Waals surface area (Å²) in [5, 5.41) is 3.55. The van der Waals surface area contributed by atoms with Gasteiger partial charge in [0.05, 0.1) is 24.9 Å². The first kappa shape index (κ1) is 22.6. The number of rotatable bonds is 6. The molecule has 0 saturated carbocycles. The van der Waals surface area contributed by atoms with Crippen molar-refractivity contribution < 1.29 is 18.7 Å². The monoisotopic (exact) mass is 464 g/mol. The van der Waals surface area contributed by atoms with Gasteiger partial charge in [0.25, 0.3) is 11.8 Å². The minimum absolute atomic E-state index is 0.0181. The van der Waals surface area contributed by atoms with Crippen LogP contribution in [-0.4, -0.2) is 23.8 Å². The second-order valence-corrected chi connectivity index (χ2v) is 8.30. The number of ether oxygens (including phenoxy) is 1. The summed E-state index contributed by atoms with van der Waals surface area (Å²) in [6.45, 7) is 3.88. The van der Waals surface area contributed by atoms with Crippen molar-refractivity contribution in [2.75, 3.05) is 12.4 Å². The lowest BCUT2D eigenvalue weighted by Gasteiger charge is -2.16. The summed E-state index contributed by atoms with van der Waals surface area (Å²) in [5.41, 5.74) is 4.07. The van der Waals surface area contributed by atoms with Crippen LogP contribution >= 0.6 is 11.6 Å². The fourth-order valence-corrected chi connectivity index (χ4v) is 4.04. The largest absolute Gasteiger partial charge is 0.495 e. The van der Waals surface area contributed by atoms with Crippen molar-refractivity contribution in [3.8, 4) is 5.75 Å². The van der Waals surface area contributed by atoms with Gasteiger partial charge >= 0.3 is 0 Å². The molecule has 2 amide bonds. The number of nitrogens with one attached hydrogen (secondary N) is 1. The number of methoxy groups -OCH3 is 1. The maximum atomic E-state index is 13.5. The van der Waals surface area contributed by atoms with Gasteiger partial charge in [-0.05, 0) is 60.9 Å². The highest BCUT2D eigenvalue weighted by molar-refractivity contribution is 6.37. The molecule has 3 aromatic rings. The van der Waals surface area contributed by atoms with Crippen molar-refractivity contribution in [2.24, 2.45) is 0 Å². The number of hydrogen-bond donors (Lipinski definition) is 1. The van der Waals surface area contributed by atoms with E-state index < -0.39 is 11.8 Å². The van der Waals surface area contributed by atoms with Crippen molar-refractivity contribution in [2.45, 2.75) is 20.4 Å². The van der Waals surface area contributed by atoms with E-state index in [0.29, 0.717) is 27.6 Å². The van der Waals surface area contributed by atoms with Crippen LogP contribution in [0.1, 0.15) is 22.3 Å². The smallest absolute Gasteiger partial charge is 0.278 e. The molecule has 7 heteroatoms. The van der Waals surface area contributed by atoms with Gasteiger partial charge in [-0.3, -0.25) is 14.5 Å². The van der Waals surface area contributed by atoms with E-state index in [2.05, 4.69) is 5.32 Å². The van der Waals surface area contributed by atoms with Crippen molar-refractivity contribution in [1.29, 1.82) is 0 Å². The Kier molecular flexibility index (Phi) is 6.20. The fraction of sp³-hybridized carbons (Fsp3) is 0.154. The third kappa shape index (κ3) is 4.47. The summed E-state index contributed by atoms with van der Waals surface area (Å²) in [6, 6.07) is 16.4. The van der Waals surface area contributed by atoms with Crippen molar-refractivity contribution in [3.63, 3.8) is 0 Å². The minimum Gasteiger partial charge on any atom is -0.495 e. The molecule has 0 radical (unpaired) electrons. The molecule has 0 unspecified atom stereocenters. The summed E-state index contributed by atoms with van der Waals surface area (Å²) in [6.07, 6.45) is 0. The number of benzene rings is 3. The highest BCUT2D eigenvalue weighted by atomic mass is 35.5. The van der Waals surface area contributed by atoms with Crippen molar-refractivity contribution >= 4 is 34.7 Å². The number of aryl methyl sites for hydroxylation is 2. The van der Waals surface area contributed by atoms with E-state index in [1.165, 1.54) is 19.2 Å². The molecule has 1 heterocycles. The molecule has 0 atom stereocenters. The molecule has 3 aromatic carbocycles. The van der Waals surface area contributed by atoms with E-state index in [1.54, 1.807) is 30.3 Å². The number of imide groups is 1. The highest BCUT2D eigenvalue weighted by Crippen LogP contribution is 2.36. The van der Waals surface area contributed by atoms with E-state index in [4.69, 9.17) is 16.3 Å². The molecule has 0 spiro atoms. The van der Waals surface area contributed by atoms with Crippen LogP contribution < -0.4 is 10.1 Å². The number of hydrogen-bond acceptors (Lipinski definition) is 4. The minimum atomic E-state index is -0.485. The second-order valence-electron chi connectivity index (χ2n) is 7.86. The van der Waals surface area contributed by atoms with Gasteiger partial charge in [-0.2, -0.15) is 0 Å². The Hall–Kier alpha value is -3.64. The number of nitrogens with zero attached hydrogens (tertiary/aromatic N) is 1. The van der Waals surface area contributed by atoms with Gasteiger partial charge in [0.15, 0.2) is 0 Å². The molecule has 168 valence electrons. The van der Waals surface area contributed by atoms with E-state index in [9.17, 15) is 14.0 Å². The summed E-state index contributed by atoms with van der Waals surface area (Å²) < 4.78 is 18.7. The number of halogens is 2. The van der Waals surface area contributed by atoms with Crippen LogP contribution in [0.25, 0.3) is 5.57 Å². The van der Waals surface area contributed by atoms with Crippen molar-refractivity contribution in [1.82, 2.24) is 4.90 Å². The first-order valence-electron chi connectivity index (χ1n) is 10.3. The summed E-state index contributed by atoms with van der Waals surface area (Å²) in [5.74, 6) is -0.826. The molecule has 0 saturated heterocycles. The molecular formula is C26H22ClFN2O3. The molecule has 33 heavy (non-hydrogen) atoms. The molecule has 1 N–H and O–H groups in total. The zero-order valence-electron chi connectivity index (χ0n) is 18.4. The lowest BCUT2D eigenvalue weighted by atomic mass is 9.97. The number of carbonyl (C=O) groups is 2. The average molecular weight is 465 g/mol. The normalized spacial score (nSPS) is 13.7. The zero-order valence-corrected chi connectivity index (χ0v) is 19.2. The summed E-state index contributed by atoms with van der Waals surface area (Å²) >= 11 is 6.16. The van der Waals surface area contributed by atoms with Crippen LogP contribution in [0.15, 0.2) is 66.4 Å². The Bertz CT molecular complexity index is 1290. The maximum absolute atomic E-state index is 13.5. The second kappa shape index (κ2) is 9.08. The molecule has 0 aromatic heterocycles. The zero-order chi connectivity index (χ0) is 23.7. The van der Waals surface area contributed by atoms with E-state index in [-0.39, 0.29) is 23.6 Å². The molecule has 1 aliphatic heterocycles. The lowest BCUT2D eigenvalue weighted by molar-refractivity contribution is -0.137. The van der Waals surface area contributed by atoms with Crippen LogP contribution in [-0.2, 0) is 16.1 Å². The van der Waals surface area contributed by atoms with Crippen molar-refractivity contribution in [3.05, 3.63) is 99.5 Å². The van der Waals surface area contributed by atoms with E-state index in [1.807, 2.05) is 32.0 Å². The predicted molar refractivity (Wildman–Crippen MR) is 126 cm³/mol. The van der Waals surface area contributed by atoms with Crippen LogP contribution in [0.2, 0.25) is 5.02 Å². The third-order valence-corrected chi connectivity index (χ3v) is 5.73. The molecule has 0 aliphatic carbocycles. The van der Waals surface area contributed by atoms with E-state index >= 15 is 0 Å². The van der Waals surface area contributed by atoms with Gasteiger partial charge in [-0.25, -0.2) is 4.39 Å². The topological polar surface area (TPSA) is 58.6 Å². The Labute approximate surface area is 196 Å². The first-order chi connectivity index (χ1) is 15.8. The molecule has 0 fully saturated rings. The Balaban J connectivity index is 1.81. The van der Waals surface area contributed by atoms with Crippen LogP contribution in [0.5, 0.6) is 5.75 Å². The Morgan fingerprint density at radius 2 is 1.70 bits per heavy atom. The predicted octanol–water partition coefficient (Wildman–Crippen LogP) is 5.50. The number of anilines is 1. The van der Waals surface area contributed by atoms with Crippen LogP contribution in [0, 0.1) is 19.7 Å². The van der Waals surface area contributed by atoms with Gasteiger partial charge in [0.1, 0.15) is 17.3 Å². The molecule has 4 rings (SSSR count).